The SMILES string of the molecule is CCn1cc(C(=O)N2CCC[C@@](O)(c3cn[nH]n3)C2)c2ccccc21. The number of rotatable bonds is 3. The number of aromatic amines is 1. The summed E-state index contributed by atoms with van der Waals surface area (Å²) in [5.41, 5.74) is 1.07. The summed E-state index contributed by atoms with van der Waals surface area (Å²) in [6.07, 6.45) is 4.73. The van der Waals surface area contributed by atoms with Gasteiger partial charge < -0.3 is 14.6 Å². The lowest BCUT2D eigenvalue weighted by atomic mass is 9.89. The lowest BCUT2D eigenvalue weighted by molar-refractivity contribution is -0.0319. The maximum Gasteiger partial charge on any atom is 0.256 e. The van der Waals surface area contributed by atoms with E-state index in [0.717, 1.165) is 23.9 Å². The number of aryl methyl sites for hydroxylation is 1. The van der Waals surface area contributed by atoms with Crippen LogP contribution in [0.3, 0.4) is 0 Å². The number of fused-ring (bicyclic) bond motifs is 1. The highest BCUT2D eigenvalue weighted by molar-refractivity contribution is 6.07. The van der Waals surface area contributed by atoms with Crippen LogP contribution in [0.5, 0.6) is 0 Å². The summed E-state index contributed by atoms with van der Waals surface area (Å²) in [6, 6.07) is 7.92. The molecule has 1 aliphatic heterocycles. The summed E-state index contributed by atoms with van der Waals surface area (Å²) in [4.78, 5) is 14.9. The number of hydrogen-bond donors (Lipinski definition) is 2. The molecule has 0 spiro atoms. The normalized spacial score (nSPS) is 21.0. The first kappa shape index (κ1) is 15.8. The van der Waals surface area contributed by atoms with E-state index in [4.69, 9.17) is 0 Å². The molecular weight excluding hydrogens is 318 g/mol. The maximum atomic E-state index is 13.2. The smallest absolute Gasteiger partial charge is 0.256 e. The fourth-order valence-electron chi connectivity index (χ4n) is 3.69. The van der Waals surface area contributed by atoms with Crippen LogP contribution in [-0.2, 0) is 12.1 Å². The predicted octanol–water partition coefficient (Wildman–Crippen LogP) is 1.90. The minimum Gasteiger partial charge on any atom is -0.382 e. The van der Waals surface area contributed by atoms with Crippen molar-refractivity contribution < 1.29 is 9.90 Å². The van der Waals surface area contributed by atoms with Crippen LogP contribution in [0.2, 0.25) is 0 Å². The van der Waals surface area contributed by atoms with Crippen molar-refractivity contribution in [1.29, 1.82) is 0 Å². The Morgan fingerprint density at radius 2 is 2.24 bits per heavy atom. The van der Waals surface area contributed by atoms with Crippen molar-refractivity contribution in [2.45, 2.75) is 31.9 Å². The summed E-state index contributed by atoms with van der Waals surface area (Å²) in [5, 5.41) is 22.2. The third kappa shape index (κ3) is 2.60. The topological polar surface area (TPSA) is 87.0 Å². The number of likely N-dealkylation sites (tertiary alicyclic amines) is 1. The molecule has 1 amide bonds. The van der Waals surface area contributed by atoms with Crippen LogP contribution in [0.25, 0.3) is 10.9 Å². The molecule has 0 unspecified atom stereocenters. The lowest BCUT2D eigenvalue weighted by Crippen LogP contribution is -2.48. The molecule has 7 heteroatoms. The van der Waals surface area contributed by atoms with Gasteiger partial charge in [0.1, 0.15) is 11.3 Å². The molecule has 3 aromatic rings. The third-order valence-corrected chi connectivity index (χ3v) is 5.01. The molecule has 3 heterocycles. The summed E-state index contributed by atoms with van der Waals surface area (Å²) in [5.74, 6) is -0.0509. The number of benzene rings is 1. The molecule has 0 radical (unpaired) electrons. The highest BCUT2D eigenvalue weighted by Gasteiger charge is 2.39. The number of piperidine rings is 1. The van der Waals surface area contributed by atoms with Gasteiger partial charge in [-0.25, -0.2) is 0 Å². The van der Waals surface area contributed by atoms with Gasteiger partial charge in [0, 0.05) is 30.2 Å². The molecular formula is C18H21N5O2. The molecule has 25 heavy (non-hydrogen) atoms. The van der Waals surface area contributed by atoms with E-state index in [9.17, 15) is 9.90 Å². The maximum absolute atomic E-state index is 13.2. The Bertz CT molecular complexity index is 901. The summed E-state index contributed by atoms with van der Waals surface area (Å²) in [6.45, 7) is 3.72. The summed E-state index contributed by atoms with van der Waals surface area (Å²) >= 11 is 0. The lowest BCUT2D eigenvalue weighted by Gasteiger charge is -2.37. The number of nitrogens with one attached hydrogen (secondary N) is 1. The Morgan fingerprint density at radius 3 is 3.00 bits per heavy atom. The van der Waals surface area contributed by atoms with Gasteiger partial charge in [-0.2, -0.15) is 15.4 Å². The molecule has 2 aromatic heterocycles. The number of hydrogen-bond acceptors (Lipinski definition) is 4. The van der Waals surface area contributed by atoms with E-state index in [1.807, 2.05) is 30.5 Å². The second kappa shape index (κ2) is 6.00. The van der Waals surface area contributed by atoms with Crippen LogP contribution < -0.4 is 0 Å². The zero-order valence-electron chi connectivity index (χ0n) is 14.1. The van der Waals surface area contributed by atoms with Gasteiger partial charge in [-0.1, -0.05) is 18.2 Å². The molecule has 0 saturated carbocycles. The zero-order valence-corrected chi connectivity index (χ0v) is 14.1. The van der Waals surface area contributed by atoms with Gasteiger partial charge in [-0.05, 0) is 25.8 Å². The molecule has 1 aromatic carbocycles. The quantitative estimate of drug-likeness (QED) is 0.763. The first-order chi connectivity index (χ1) is 12.1. The molecule has 1 fully saturated rings. The second-order valence-corrected chi connectivity index (χ2v) is 6.56. The van der Waals surface area contributed by atoms with Gasteiger partial charge >= 0.3 is 0 Å². The van der Waals surface area contributed by atoms with Crippen LogP contribution in [0.4, 0.5) is 0 Å². The number of para-hydroxylation sites is 1. The minimum absolute atomic E-state index is 0.0509. The Labute approximate surface area is 145 Å². The second-order valence-electron chi connectivity index (χ2n) is 6.56. The van der Waals surface area contributed by atoms with E-state index in [2.05, 4.69) is 26.9 Å². The highest BCUT2D eigenvalue weighted by Crippen LogP contribution is 2.31. The average Bonchev–Trinajstić information content (AvgIpc) is 3.29. The van der Waals surface area contributed by atoms with Crippen molar-refractivity contribution in [3.8, 4) is 0 Å². The Morgan fingerprint density at radius 1 is 1.40 bits per heavy atom. The average molecular weight is 339 g/mol. The minimum atomic E-state index is -1.15. The van der Waals surface area contributed by atoms with E-state index >= 15 is 0 Å². The summed E-state index contributed by atoms with van der Waals surface area (Å²) < 4.78 is 2.08. The van der Waals surface area contributed by atoms with Gasteiger partial charge in [0.15, 0.2) is 0 Å². The van der Waals surface area contributed by atoms with Crippen molar-refractivity contribution in [2.75, 3.05) is 13.1 Å². The Kier molecular flexibility index (Phi) is 3.80. The van der Waals surface area contributed by atoms with E-state index in [-0.39, 0.29) is 12.5 Å². The third-order valence-electron chi connectivity index (χ3n) is 5.01. The zero-order chi connectivity index (χ0) is 17.4. The fourth-order valence-corrected chi connectivity index (χ4v) is 3.69. The standard InChI is InChI=1S/C18H21N5O2/c1-2-22-11-14(13-6-3-4-7-15(13)22)17(24)23-9-5-8-18(25,12-23)16-10-19-21-20-16/h3-4,6-7,10-11,25H,2,5,8-9,12H2,1H3,(H,19,20,21)/t18-/m0/s1. The molecule has 0 bridgehead atoms. The highest BCUT2D eigenvalue weighted by atomic mass is 16.3. The Hall–Kier alpha value is -2.67. The van der Waals surface area contributed by atoms with Gasteiger partial charge in [-0.3, -0.25) is 4.79 Å². The van der Waals surface area contributed by atoms with E-state index in [1.54, 1.807) is 4.90 Å². The number of aromatic nitrogens is 4. The van der Waals surface area contributed by atoms with Gasteiger partial charge in [0.2, 0.25) is 0 Å². The van der Waals surface area contributed by atoms with Gasteiger partial charge in [0.25, 0.3) is 5.91 Å². The van der Waals surface area contributed by atoms with Crippen molar-refractivity contribution in [3.05, 3.63) is 47.9 Å². The first-order valence-corrected chi connectivity index (χ1v) is 8.58. The molecule has 7 nitrogen and oxygen atoms in total. The van der Waals surface area contributed by atoms with Crippen molar-refractivity contribution in [1.82, 2.24) is 24.9 Å². The summed E-state index contributed by atoms with van der Waals surface area (Å²) in [7, 11) is 0. The number of nitrogens with zero attached hydrogens (tertiary/aromatic N) is 4. The van der Waals surface area contributed by atoms with E-state index in [1.165, 1.54) is 6.20 Å². The predicted molar refractivity (Wildman–Crippen MR) is 93.0 cm³/mol. The number of carbonyl (C=O) groups is 1. The molecule has 130 valence electrons. The van der Waals surface area contributed by atoms with E-state index in [0.29, 0.717) is 24.2 Å². The number of aliphatic hydroxyl groups is 1. The van der Waals surface area contributed by atoms with Gasteiger partial charge in [0.05, 0.1) is 18.3 Å². The van der Waals surface area contributed by atoms with Crippen molar-refractivity contribution in [3.63, 3.8) is 0 Å². The van der Waals surface area contributed by atoms with Crippen molar-refractivity contribution in [2.24, 2.45) is 0 Å². The van der Waals surface area contributed by atoms with Crippen LogP contribution in [0, 0.1) is 0 Å². The number of amides is 1. The van der Waals surface area contributed by atoms with Gasteiger partial charge in [-0.15, -0.1) is 0 Å². The largest absolute Gasteiger partial charge is 0.382 e. The number of H-pyrrole nitrogens is 1. The molecule has 1 aliphatic rings. The fraction of sp³-hybridized carbons (Fsp3) is 0.389. The molecule has 0 aliphatic carbocycles. The van der Waals surface area contributed by atoms with Crippen LogP contribution >= 0.6 is 0 Å². The molecule has 1 atom stereocenters. The van der Waals surface area contributed by atoms with Crippen LogP contribution in [-0.4, -0.2) is 49.0 Å². The number of carbonyl (C=O) groups excluding carboxylic acids is 1. The van der Waals surface area contributed by atoms with Crippen LogP contribution in [0.1, 0.15) is 35.8 Å². The molecule has 2 N–H and O–H groups in total. The number of β-amino-alcohol motifs (C(OH)–C–C–N with tert-alkyl or cyclic N) is 1. The van der Waals surface area contributed by atoms with Crippen molar-refractivity contribution >= 4 is 16.8 Å². The Balaban J connectivity index is 1.67. The molecule has 1 saturated heterocycles. The molecule has 4 rings (SSSR count). The van der Waals surface area contributed by atoms with Crippen LogP contribution in [0.15, 0.2) is 36.7 Å². The van der Waals surface area contributed by atoms with E-state index < -0.39 is 5.60 Å². The monoisotopic (exact) mass is 339 g/mol. The first-order valence-electron chi connectivity index (χ1n) is 8.58.